The largest absolute Gasteiger partial charge is 0.294 e. The molecule has 2 aromatic carbocycles. The molecule has 2 aromatic rings. The number of hydrogen-bond acceptors (Lipinski definition) is 1. The van der Waals surface area contributed by atoms with Crippen LogP contribution in [0.3, 0.4) is 0 Å². The summed E-state index contributed by atoms with van der Waals surface area (Å²) in [5.41, 5.74) is 3.69. The van der Waals surface area contributed by atoms with E-state index in [1.165, 1.54) is 17.5 Å². The van der Waals surface area contributed by atoms with Gasteiger partial charge in [-0.15, -0.1) is 0 Å². The minimum Gasteiger partial charge on any atom is -0.294 e. The van der Waals surface area contributed by atoms with Gasteiger partial charge in [0, 0.05) is 15.6 Å². The zero-order valence-electron chi connectivity index (χ0n) is 11.3. The minimum absolute atomic E-state index is 0.275. The predicted octanol–water partition coefficient (Wildman–Crippen LogP) is 4.98. The highest BCUT2D eigenvalue weighted by Gasteiger charge is 2.23. The standard InChI is InChI=1S/C18H17IO/c19-17-11-4-3-10-16(17)18(20)12-14-8-5-7-13-6-1-2-9-15(13)14/h1-4,6,9-11,14H,5,7-8,12H2. The lowest BCUT2D eigenvalue weighted by Crippen LogP contribution is -2.14. The van der Waals surface area contributed by atoms with Crippen molar-refractivity contribution in [2.24, 2.45) is 0 Å². The first kappa shape index (κ1) is 13.8. The molecule has 0 saturated carbocycles. The number of ketones is 1. The summed E-state index contributed by atoms with van der Waals surface area (Å²) in [6.45, 7) is 0. The molecular formula is C18H17IO. The topological polar surface area (TPSA) is 17.1 Å². The molecule has 0 spiro atoms. The summed E-state index contributed by atoms with van der Waals surface area (Å²) in [6.07, 6.45) is 4.12. The number of carbonyl (C=O) groups excluding carboxylic acids is 1. The third-order valence-corrected chi connectivity index (χ3v) is 5.04. The van der Waals surface area contributed by atoms with Gasteiger partial charge < -0.3 is 0 Å². The zero-order valence-corrected chi connectivity index (χ0v) is 13.5. The van der Waals surface area contributed by atoms with Crippen molar-refractivity contribution in [3.8, 4) is 0 Å². The van der Waals surface area contributed by atoms with Crippen LogP contribution in [0.5, 0.6) is 0 Å². The van der Waals surface area contributed by atoms with Gasteiger partial charge in [-0.05, 0) is 65.0 Å². The number of carbonyl (C=O) groups is 1. The molecule has 102 valence electrons. The van der Waals surface area contributed by atoms with Crippen LogP contribution in [-0.4, -0.2) is 5.78 Å². The fraction of sp³-hybridized carbons (Fsp3) is 0.278. The quantitative estimate of drug-likeness (QED) is 0.545. The van der Waals surface area contributed by atoms with Crippen molar-refractivity contribution in [1.29, 1.82) is 0 Å². The lowest BCUT2D eigenvalue weighted by Gasteiger charge is -2.25. The summed E-state index contributed by atoms with van der Waals surface area (Å²) >= 11 is 2.25. The molecule has 1 aliphatic rings. The first-order valence-corrected chi connectivity index (χ1v) is 8.19. The molecule has 1 aliphatic carbocycles. The van der Waals surface area contributed by atoms with Crippen molar-refractivity contribution >= 4 is 28.4 Å². The van der Waals surface area contributed by atoms with Crippen LogP contribution in [0, 0.1) is 3.57 Å². The number of halogens is 1. The maximum absolute atomic E-state index is 12.5. The summed E-state index contributed by atoms with van der Waals surface area (Å²) in [7, 11) is 0. The number of benzene rings is 2. The second-order valence-corrected chi connectivity index (χ2v) is 6.56. The molecule has 0 radical (unpaired) electrons. The normalized spacial score (nSPS) is 17.6. The molecule has 1 unspecified atom stereocenters. The van der Waals surface area contributed by atoms with Crippen LogP contribution in [0.4, 0.5) is 0 Å². The molecule has 3 rings (SSSR count). The minimum atomic E-state index is 0.275. The molecule has 0 bridgehead atoms. The van der Waals surface area contributed by atoms with Crippen LogP contribution in [0.2, 0.25) is 0 Å². The van der Waals surface area contributed by atoms with Crippen LogP contribution in [0.15, 0.2) is 48.5 Å². The van der Waals surface area contributed by atoms with Crippen LogP contribution in [0.1, 0.15) is 46.7 Å². The Morgan fingerprint density at radius 3 is 2.70 bits per heavy atom. The van der Waals surface area contributed by atoms with E-state index in [-0.39, 0.29) is 5.78 Å². The van der Waals surface area contributed by atoms with E-state index in [1.807, 2.05) is 24.3 Å². The number of fused-ring (bicyclic) bond motifs is 1. The van der Waals surface area contributed by atoms with Crippen LogP contribution in [0.25, 0.3) is 0 Å². The van der Waals surface area contributed by atoms with E-state index in [0.717, 1.165) is 22.0 Å². The van der Waals surface area contributed by atoms with Crippen molar-refractivity contribution in [3.05, 3.63) is 68.8 Å². The van der Waals surface area contributed by atoms with Crippen molar-refractivity contribution in [2.75, 3.05) is 0 Å². The summed E-state index contributed by atoms with van der Waals surface area (Å²) < 4.78 is 1.05. The second-order valence-electron chi connectivity index (χ2n) is 5.40. The maximum atomic E-state index is 12.5. The summed E-state index contributed by atoms with van der Waals surface area (Å²) in [4.78, 5) is 12.5. The summed E-state index contributed by atoms with van der Waals surface area (Å²) in [6, 6.07) is 16.5. The zero-order chi connectivity index (χ0) is 13.9. The van der Waals surface area contributed by atoms with Gasteiger partial charge in [0.25, 0.3) is 0 Å². The Balaban J connectivity index is 1.83. The van der Waals surface area contributed by atoms with Gasteiger partial charge in [0.15, 0.2) is 5.78 Å². The van der Waals surface area contributed by atoms with E-state index in [1.54, 1.807) is 0 Å². The molecule has 0 fully saturated rings. The maximum Gasteiger partial charge on any atom is 0.164 e. The van der Waals surface area contributed by atoms with E-state index in [4.69, 9.17) is 0 Å². The van der Waals surface area contributed by atoms with Crippen molar-refractivity contribution < 1.29 is 4.79 Å². The van der Waals surface area contributed by atoms with E-state index in [9.17, 15) is 4.79 Å². The first-order chi connectivity index (χ1) is 9.75. The van der Waals surface area contributed by atoms with Gasteiger partial charge in [-0.2, -0.15) is 0 Å². The molecule has 0 amide bonds. The Labute approximate surface area is 133 Å². The molecular weight excluding hydrogens is 359 g/mol. The van der Waals surface area contributed by atoms with Crippen molar-refractivity contribution in [2.45, 2.75) is 31.6 Å². The fourth-order valence-corrected chi connectivity index (χ4v) is 3.78. The fourth-order valence-electron chi connectivity index (χ4n) is 3.09. The number of rotatable bonds is 3. The van der Waals surface area contributed by atoms with Crippen molar-refractivity contribution in [3.63, 3.8) is 0 Å². The highest BCUT2D eigenvalue weighted by atomic mass is 127. The van der Waals surface area contributed by atoms with E-state index in [0.29, 0.717) is 12.3 Å². The summed E-state index contributed by atoms with van der Waals surface area (Å²) in [5, 5.41) is 0. The van der Waals surface area contributed by atoms with Crippen molar-refractivity contribution in [1.82, 2.24) is 0 Å². The molecule has 1 atom stereocenters. The third kappa shape index (κ3) is 2.80. The Bertz CT molecular complexity index is 633. The molecule has 0 heterocycles. The number of hydrogen-bond donors (Lipinski definition) is 0. The Morgan fingerprint density at radius 1 is 1.10 bits per heavy atom. The monoisotopic (exact) mass is 376 g/mol. The van der Waals surface area contributed by atoms with E-state index >= 15 is 0 Å². The highest BCUT2D eigenvalue weighted by molar-refractivity contribution is 14.1. The van der Waals surface area contributed by atoms with Gasteiger partial charge >= 0.3 is 0 Å². The smallest absolute Gasteiger partial charge is 0.164 e. The summed E-state index contributed by atoms with van der Waals surface area (Å²) in [5.74, 6) is 0.667. The number of aryl methyl sites for hydroxylation is 1. The molecule has 0 N–H and O–H groups in total. The van der Waals surface area contributed by atoms with Crippen LogP contribution < -0.4 is 0 Å². The molecule has 2 heteroatoms. The lowest BCUT2D eigenvalue weighted by atomic mass is 9.79. The second kappa shape index (κ2) is 6.08. The van der Waals surface area contributed by atoms with Gasteiger partial charge in [0.05, 0.1) is 0 Å². The van der Waals surface area contributed by atoms with Gasteiger partial charge in [-0.1, -0.05) is 42.5 Å². The van der Waals surface area contributed by atoms with Crippen LogP contribution >= 0.6 is 22.6 Å². The molecule has 0 aromatic heterocycles. The van der Waals surface area contributed by atoms with E-state index < -0.39 is 0 Å². The van der Waals surface area contributed by atoms with E-state index in [2.05, 4.69) is 46.9 Å². The molecule has 0 saturated heterocycles. The Morgan fingerprint density at radius 2 is 1.85 bits per heavy atom. The van der Waals surface area contributed by atoms with Gasteiger partial charge in [-0.25, -0.2) is 0 Å². The first-order valence-electron chi connectivity index (χ1n) is 7.11. The van der Waals surface area contributed by atoms with Crippen LogP contribution in [-0.2, 0) is 6.42 Å². The third-order valence-electron chi connectivity index (χ3n) is 4.10. The van der Waals surface area contributed by atoms with Gasteiger partial charge in [0.2, 0.25) is 0 Å². The average molecular weight is 376 g/mol. The molecule has 1 nitrogen and oxygen atoms in total. The predicted molar refractivity (Wildman–Crippen MR) is 90.2 cm³/mol. The van der Waals surface area contributed by atoms with Gasteiger partial charge in [-0.3, -0.25) is 4.79 Å². The molecule has 0 aliphatic heterocycles. The number of Topliss-reactive ketones (excluding diaryl/α,β-unsaturated/α-hetero) is 1. The van der Waals surface area contributed by atoms with Gasteiger partial charge in [0.1, 0.15) is 0 Å². The molecule has 20 heavy (non-hydrogen) atoms. The highest BCUT2D eigenvalue weighted by Crippen LogP contribution is 2.34. The SMILES string of the molecule is O=C(CC1CCCc2ccccc21)c1ccccc1I. The Kier molecular flexibility index (Phi) is 4.20. The lowest BCUT2D eigenvalue weighted by molar-refractivity contribution is 0.0970. The Hall–Kier alpha value is -1.16. The average Bonchev–Trinajstić information content (AvgIpc) is 2.48.